The molecular formula is C16H16ClNO. The fourth-order valence-corrected chi connectivity index (χ4v) is 2.11. The lowest BCUT2D eigenvalue weighted by Crippen LogP contribution is -2.19. The lowest BCUT2D eigenvalue weighted by atomic mass is 10.0. The topological polar surface area (TPSA) is 20.3 Å². The van der Waals surface area contributed by atoms with Gasteiger partial charge in [-0.1, -0.05) is 41.9 Å². The van der Waals surface area contributed by atoms with Gasteiger partial charge in [0, 0.05) is 35.4 Å². The van der Waals surface area contributed by atoms with Gasteiger partial charge in [0.2, 0.25) is 0 Å². The number of hydrogen-bond donors (Lipinski definition) is 0. The van der Waals surface area contributed by atoms with Gasteiger partial charge in [0.1, 0.15) is 0 Å². The van der Waals surface area contributed by atoms with E-state index >= 15 is 0 Å². The number of nitrogens with zero attached hydrogens (tertiary/aromatic N) is 1. The van der Waals surface area contributed by atoms with E-state index in [0.29, 0.717) is 16.1 Å². The second kappa shape index (κ2) is 5.89. The molecule has 0 aliphatic rings. The van der Waals surface area contributed by atoms with Crippen molar-refractivity contribution in [1.29, 1.82) is 0 Å². The third-order valence-electron chi connectivity index (χ3n) is 3.12. The van der Waals surface area contributed by atoms with Gasteiger partial charge in [0.15, 0.2) is 5.78 Å². The highest BCUT2D eigenvalue weighted by atomic mass is 35.5. The number of ketones is 1. The maximum atomic E-state index is 12.6. The fourth-order valence-electron chi connectivity index (χ4n) is 1.94. The van der Waals surface area contributed by atoms with Crippen LogP contribution in [0.2, 0.25) is 5.02 Å². The molecule has 0 saturated heterocycles. The van der Waals surface area contributed by atoms with E-state index in [2.05, 4.69) is 0 Å². The molecule has 2 rings (SSSR count). The number of hydrogen-bond acceptors (Lipinski definition) is 2. The van der Waals surface area contributed by atoms with E-state index in [1.165, 1.54) is 0 Å². The van der Waals surface area contributed by atoms with Crippen LogP contribution in [0.15, 0.2) is 48.5 Å². The molecule has 2 aromatic rings. The van der Waals surface area contributed by atoms with Gasteiger partial charge < -0.3 is 4.90 Å². The zero-order chi connectivity index (χ0) is 13.8. The van der Waals surface area contributed by atoms with Crippen molar-refractivity contribution in [2.24, 2.45) is 0 Å². The molecule has 0 fully saturated rings. The summed E-state index contributed by atoms with van der Waals surface area (Å²) in [6.45, 7) is 2.88. The minimum atomic E-state index is -0.00148. The van der Waals surface area contributed by atoms with E-state index in [1.54, 1.807) is 6.07 Å². The summed E-state index contributed by atoms with van der Waals surface area (Å²) in [7, 11) is 1.96. The highest BCUT2D eigenvalue weighted by Gasteiger charge is 2.15. The largest absolute Gasteiger partial charge is 0.374 e. The van der Waals surface area contributed by atoms with E-state index < -0.39 is 0 Å². The molecule has 19 heavy (non-hydrogen) atoms. The van der Waals surface area contributed by atoms with Crippen LogP contribution >= 0.6 is 11.6 Å². The molecule has 0 N–H and O–H groups in total. The first-order valence-electron chi connectivity index (χ1n) is 6.24. The van der Waals surface area contributed by atoms with Gasteiger partial charge in [0.05, 0.1) is 0 Å². The van der Waals surface area contributed by atoms with Crippen LogP contribution in [0.1, 0.15) is 22.8 Å². The van der Waals surface area contributed by atoms with Crippen LogP contribution in [-0.4, -0.2) is 19.4 Å². The molecule has 0 radical (unpaired) electrons. The minimum Gasteiger partial charge on any atom is -0.374 e. The molecule has 0 atom stereocenters. The molecule has 0 heterocycles. The van der Waals surface area contributed by atoms with E-state index in [4.69, 9.17) is 11.6 Å². The Morgan fingerprint density at radius 3 is 2.47 bits per heavy atom. The molecule has 0 amide bonds. The van der Waals surface area contributed by atoms with E-state index in [1.807, 2.05) is 61.3 Å². The average molecular weight is 274 g/mol. The van der Waals surface area contributed by atoms with Crippen molar-refractivity contribution < 1.29 is 4.79 Å². The number of benzene rings is 2. The Kier molecular flexibility index (Phi) is 4.23. The van der Waals surface area contributed by atoms with Crippen LogP contribution in [-0.2, 0) is 0 Å². The molecule has 98 valence electrons. The van der Waals surface area contributed by atoms with Crippen molar-refractivity contribution in [3.63, 3.8) is 0 Å². The number of rotatable bonds is 4. The van der Waals surface area contributed by atoms with Gasteiger partial charge in [-0.2, -0.15) is 0 Å². The molecular weight excluding hydrogens is 258 g/mol. The molecule has 0 unspecified atom stereocenters. The molecule has 0 aromatic heterocycles. The van der Waals surface area contributed by atoms with E-state index in [0.717, 1.165) is 12.2 Å². The molecule has 0 aliphatic heterocycles. The third-order valence-corrected chi connectivity index (χ3v) is 3.36. The van der Waals surface area contributed by atoms with Crippen molar-refractivity contribution in [2.45, 2.75) is 6.92 Å². The van der Waals surface area contributed by atoms with Crippen molar-refractivity contribution in [1.82, 2.24) is 0 Å². The first kappa shape index (κ1) is 13.6. The Balaban J connectivity index is 2.49. The molecule has 2 nitrogen and oxygen atoms in total. The first-order chi connectivity index (χ1) is 9.13. The van der Waals surface area contributed by atoms with Crippen molar-refractivity contribution in [2.75, 3.05) is 18.5 Å². The molecule has 0 spiro atoms. The van der Waals surface area contributed by atoms with Crippen LogP contribution in [0.25, 0.3) is 0 Å². The number of anilines is 1. The minimum absolute atomic E-state index is 0.00148. The number of carbonyl (C=O) groups excluding carboxylic acids is 1. The van der Waals surface area contributed by atoms with Gasteiger partial charge in [-0.25, -0.2) is 0 Å². The number of halogens is 1. The summed E-state index contributed by atoms with van der Waals surface area (Å²) in [6.07, 6.45) is 0. The first-order valence-corrected chi connectivity index (χ1v) is 6.61. The van der Waals surface area contributed by atoms with Crippen molar-refractivity contribution >= 4 is 23.1 Å². The summed E-state index contributed by atoms with van der Waals surface area (Å²) in [5.74, 6) is -0.00148. The molecule has 3 heteroatoms. The predicted molar refractivity (Wildman–Crippen MR) is 80.3 cm³/mol. The lowest BCUT2D eigenvalue weighted by Gasteiger charge is -2.20. The number of carbonyl (C=O) groups is 1. The Morgan fingerprint density at radius 2 is 1.84 bits per heavy atom. The van der Waals surface area contributed by atoms with Gasteiger partial charge in [0.25, 0.3) is 0 Å². The normalized spacial score (nSPS) is 10.3. The molecule has 0 aliphatic carbocycles. The molecule has 0 bridgehead atoms. The summed E-state index contributed by atoms with van der Waals surface area (Å²) in [4.78, 5) is 14.6. The van der Waals surface area contributed by atoms with Gasteiger partial charge in [-0.05, 0) is 25.1 Å². The van der Waals surface area contributed by atoms with Gasteiger partial charge >= 0.3 is 0 Å². The Hall–Kier alpha value is -1.80. The van der Waals surface area contributed by atoms with Crippen LogP contribution in [0.3, 0.4) is 0 Å². The molecule has 0 saturated carbocycles. The Labute approximate surface area is 118 Å². The zero-order valence-corrected chi connectivity index (χ0v) is 11.8. The summed E-state index contributed by atoms with van der Waals surface area (Å²) in [6, 6.07) is 14.7. The lowest BCUT2D eigenvalue weighted by molar-refractivity contribution is 0.103. The SMILES string of the molecule is CCN(C)c1ccc(Cl)cc1C(=O)c1ccccc1. The summed E-state index contributed by atoms with van der Waals surface area (Å²) < 4.78 is 0. The van der Waals surface area contributed by atoms with Crippen LogP contribution in [0.5, 0.6) is 0 Å². The third kappa shape index (κ3) is 2.96. The predicted octanol–water partition coefficient (Wildman–Crippen LogP) is 4.03. The maximum absolute atomic E-state index is 12.6. The quantitative estimate of drug-likeness (QED) is 0.784. The van der Waals surface area contributed by atoms with Crippen LogP contribution < -0.4 is 4.90 Å². The van der Waals surface area contributed by atoms with Gasteiger partial charge in [-0.3, -0.25) is 4.79 Å². The van der Waals surface area contributed by atoms with Crippen molar-refractivity contribution in [3.8, 4) is 0 Å². The standard InChI is InChI=1S/C16H16ClNO/c1-3-18(2)15-10-9-13(17)11-14(15)16(19)12-7-5-4-6-8-12/h4-11H,3H2,1-2H3. The Morgan fingerprint density at radius 1 is 1.16 bits per heavy atom. The maximum Gasteiger partial charge on any atom is 0.195 e. The van der Waals surface area contributed by atoms with E-state index in [-0.39, 0.29) is 5.78 Å². The second-order valence-electron chi connectivity index (χ2n) is 4.37. The van der Waals surface area contributed by atoms with Crippen molar-refractivity contribution in [3.05, 3.63) is 64.7 Å². The smallest absolute Gasteiger partial charge is 0.195 e. The summed E-state index contributed by atoms with van der Waals surface area (Å²) in [5.41, 5.74) is 2.22. The average Bonchev–Trinajstić information content (AvgIpc) is 2.46. The summed E-state index contributed by atoms with van der Waals surface area (Å²) >= 11 is 6.03. The van der Waals surface area contributed by atoms with Crippen LogP contribution in [0, 0.1) is 0 Å². The van der Waals surface area contributed by atoms with Gasteiger partial charge in [-0.15, -0.1) is 0 Å². The summed E-state index contributed by atoms with van der Waals surface area (Å²) in [5, 5.41) is 0.576. The molecule has 2 aromatic carbocycles. The Bertz CT molecular complexity index is 581. The highest BCUT2D eigenvalue weighted by Crippen LogP contribution is 2.26. The zero-order valence-electron chi connectivity index (χ0n) is 11.1. The van der Waals surface area contributed by atoms with Crippen LogP contribution in [0.4, 0.5) is 5.69 Å². The van der Waals surface area contributed by atoms with E-state index in [9.17, 15) is 4.79 Å². The fraction of sp³-hybridized carbons (Fsp3) is 0.188. The second-order valence-corrected chi connectivity index (χ2v) is 4.81. The monoisotopic (exact) mass is 273 g/mol. The highest BCUT2D eigenvalue weighted by molar-refractivity contribution is 6.31.